The zero-order valence-corrected chi connectivity index (χ0v) is 10.1. The number of hydrogen-bond acceptors (Lipinski definition) is 1. The van der Waals surface area contributed by atoms with Gasteiger partial charge in [0.05, 0.1) is 6.20 Å². The van der Waals surface area contributed by atoms with Crippen LogP contribution in [0.3, 0.4) is 0 Å². The van der Waals surface area contributed by atoms with Crippen molar-refractivity contribution < 1.29 is 0 Å². The maximum absolute atomic E-state index is 4.30. The van der Waals surface area contributed by atoms with Crippen molar-refractivity contribution in [3.63, 3.8) is 0 Å². The summed E-state index contributed by atoms with van der Waals surface area (Å²) in [7, 11) is 0. The van der Waals surface area contributed by atoms with Crippen molar-refractivity contribution in [2.75, 3.05) is 0 Å². The summed E-state index contributed by atoms with van der Waals surface area (Å²) >= 11 is 0. The smallest absolute Gasteiger partial charge is 0.0568 e. The van der Waals surface area contributed by atoms with Crippen molar-refractivity contribution in [2.45, 2.75) is 33.2 Å². The van der Waals surface area contributed by atoms with E-state index in [0.29, 0.717) is 5.92 Å². The quantitative estimate of drug-likeness (QED) is 0.762. The summed E-state index contributed by atoms with van der Waals surface area (Å²) in [4.78, 5) is 0. The molecule has 0 N–H and O–H groups in total. The largest absolute Gasteiger partial charge is 0.272 e. The standard InChI is InChI=1S/C14H18N2/c1-4-16-10-14(9-15-16)13-7-5-6-12(8-13)11(2)3/h5-11H,4H2,1-3H3. The van der Waals surface area contributed by atoms with E-state index < -0.39 is 0 Å². The van der Waals surface area contributed by atoms with Crippen molar-refractivity contribution >= 4 is 0 Å². The third kappa shape index (κ3) is 2.16. The van der Waals surface area contributed by atoms with Crippen LogP contribution in [-0.2, 0) is 6.54 Å². The van der Waals surface area contributed by atoms with Gasteiger partial charge < -0.3 is 0 Å². The Morgan fingerprint density at radius 2 is 2.06 bits per heavy atom. The summed E-state index contributed by atoms with van der Waals surface area (Å²) in [6.45, 7) is 7.45. The number of benzene rings is 1. The van der Waals surface area contributed by atoms with Crippen LogP contribution < -0.4 is 0 Å². The average Bonchev–Trinajstić information content (AvgIpc) is 2.77. The summed E-state index contributed by atoms with van der Waals surface area (Å²) < 4.78 is 1.96. The molecule has 0 bridgehead atoms. The summed E-state index contributed by atoms with van der Waals surface area (Å²) in [5.41, 5.74) is 3.83. The lowest BCUT2D eigenvalue weighted by molar-refractivity contribution is 0.660. The normalized spacial score (nSPS) is 11.0. The van der Waals surface area contributed by atoms with Gasteiger partial charge in [-0.1, -0.05) is 38.1 Å². The van der Waals surface area contributed by atoms with E-state index in [0.717, 1.165) is 6.54 Å². The zero-order chi connectivity index (χ0) is 11.5. The molecule has 0 saturated heterocycles. The third-order valence-electron chi connectivity index (χ3n) is 2.84. The van der Waals surface area contributed by atoms with Gasteiger partial charge >= 0.3 is 0 Å². The van der Waals surface area contributed by atoms with Crippen molar-refractivity contribution in [3.05, 3.63) is 42.2 Å². The summed E-state index contributed by atoms with van der Waals surface area (Å²) in [5, 5.41) is 4.30. The van der Waals surface area contributed by atoms with Crippen molar-refractivity contribution in [1.82, 2.24) is 9.78 Å². The van der Waals surface area contributed by atoms with Crippen molar-refractivity contribution in [2.24, 2.45) is 0 Å². The molecule has 0 atom stereocenters. The first-order chi connectivity index (χ1) is 7.70. The van der Waals surface area contributed by atoms with Gasteiger partial charge in [-0.25, -0.2) is 0 Å². The highest BCUT2D eigenvalue weighted by Crippen LogP contribution is 2.23. The second-order valence-electron chi connectivity index (χ2n) is 4.36. The second-order valence-corrected chi connectivity index (χ2v) is 4.36. The molecule has 0 spiro atoms. The molecule has 1 aromatic heterocycles. The molecule has 0 unspecified atom stereocenters. The van der Waals surface area contributed by atoms with Crippen molar-refractivity contribution in [3.8, 4) is 11.1 Å². The fraction of sp³-hybridized carbons (Fsp3) is 0.357. The molecule has 2 rings (SSSR count). The minimum atomic E-state index is 0.571. The molecule has 0 aliphatic rings. The Kier molecular flexibility index (Phi) is 3.09. The Morgan fingerprint density at radius 1 is 1.25 bits per heavy atom. The molecule has 1 aromatic carbocycles. The number of aryl methyl sites for hydroxylation is 1. The average molecular weight is 214 g/mol. The van der Waals surface area contributed by atoms with E-state index in [2.05, 4.69) is 56.3 Å². The van der Waals surface area contributed by atoms with E-state index in [9.17, 15) is 0 Å². The van der Waals surface area contributed by atoms with E-state index in [1.54, 1.807) is 0 Å². The predicted octanol–water partition coefficient (Wildman–Crippen LogP) is 3.69. The second kappa shape index (κ2) is 4.52. The Bertz CT molecular complexity index is 469. The van der Waals surface area contributed by atoms with E-state index in [-0.39, 0.29) is 0 Å². The molecule has 0 radical (unpaired) electrons. The van der Waals surface area contributed by atoms with Crippen LogP contribution in [0.15, 0.2) is 36.7 Å². The Labute approximate surface area is 96.9 Å². The van der Waals surface area contributed by atoms with Gasteiger partial charge in [-0.15, -0.1) is 0 Å². The highest BCUT2D eigenvalue weighted by Gasteiger charge is 2.04. The number of aromatic nitrogens is 2. The molecule has 16 heavy (non-hydrogen) atoms. The zero-order valence-electron chi connectivity index (χ0n) is 10.1. The lowest BCUT2D eigenvalue weighted by Gasteiger charge is -2.06. The van der Waals surface area contributed by atoms with Gasteiger partial charge in [-0.3, -0.25) is 4.68 Å². The molecule has 0 amide bonds. The summed E-state index contributed by atoms with van der Waals surface area (Å²) in [6.07, 6.45) is 4.03. The molecule has 84 valence electrons. The third-order valence-corrected chi connectivity index (χ3v) is 2.84. The van der Waals surface area contributed by atoms with E-state index in [4.69, 9.17) is 0 Å². The first kappa shape index (κ1) is 10.9. The van der Waals surface area contributed by atoms with E-state index in [1.165, 1.54) is 16.7 Å². The van der Waals surface area contributed by atoms with Gasteiger partial charge in [-0.05, 0) is 24.0 Å². The Morgan fingerprint density at radius 3 is 2.69 bits per heavy atom. The first-order valence-electron chi connectivity index (χ1n) is 5.83. The van der Waals surface area contributed by atoms with Crippen LogP contribution in [0.5, 0.6) is 0 Å². The molecule has 2 aromatic rings. The fourth-order valence-corrected chi connectivity index (χ4v) is 1.76. The highest BCUT2D eigenvalue weighted by molar-refractivity contribution is 5.62. The van der Waals surface area contributed by atoms with Crippen LogP contribution in [0.4, 0.5) is 0 Å². The molecule has 2 nitrogen and oxygen atoms in total. The number of hydrogen-bond donors (Lipinski definition) is 0. The summed E-state index contributed by atoms with van der Waals surface area (Å²) in [6, 6.07) is 8.69. The maximum Gasteiger partial charge on any atom is 0.0568 e. The molecule has 0 saturated carbocycles. The molecular formula is C14H18N2. The molecule has 1 heterocycles. The SMILES string of the molecule is CCn1cc(-c2cccc(C(C)C)c2)cn1. The molecular weight excluding hydrogens is 196 g/mol. The minimum Gasteiger partial charge on any atom is -0.272 e. The van der Waals surface area contributed by atoms with Crippen LogP contribution >= 0.6 is 0 Å². The maximum atomic E-state index is 4.30. The van der Waals surface area contributed by atoms with Crippen LogP contribution in [-0.4, -0.2) is 9.78 Å². The van der Waals surface area contributed by atoms with Gasteiger partial charge in [0.25, 0.3) is 0 Å². The van der Waals surface area contributed by atoms with Gasteiger partial charge in [0, 0.05) is 18.3 Å². The Hall–Kier alpha value is -1.57. The van der Waals surface area contributed by atoms with Crippen LogP contribution in [0.25, 0.3) is 11.1 Å². The van der Waals surface area contributed by atoms with Gasteiger partial charge in [0.1, 0.15) is 0 Å². The monoisotopic (exact) mass is 214 g/mol. The molecule has 0 fully saturated rings. The molecule has 2 heteroatoms. The minimum absolute atomic E-state index is 0.571. The lowest BCUT2D eigenvalue weighted by atomic mass is 9.99. The highest BCUT2D eigenvalue weighted by atomic mass is 15.3. The van der Waals surface area contributed by atoms with Crippen LogP contribution in [0.2, 0.25) is 0 Å². The first-order valence-corrected chi connectivity index (χ1v) is 5.83. The van der Waals surface area contributed by atoms with Gasteiger partial charge in [0.2, 0.25) is 0 Å². The molecule has 0 aliphatic heterocycles. The molecule has 0 aliphatic carbocycles. The van der Waals surface area contributed by atoms with Crippen molar-refractivity contribution in [1.29, 1.82) is 0 Å². The lowest BCUT2D eigenvalue weighted by Crippen LogP contribution is -1.92. The number of nitrogens with zero attached hydrogens (tertiary/aromatic N) is 2. The summed E-state index contributed by atoms with van der Waals surface area (Å²) in [5.74, 6) is 0.571. The van der Waals surface area contributed by atoms with E-state index in [1.807, 2.05) is 10.9 Å². The predicted molar refractivity (Wildman–Crippen MR) is 67.4 cm³/mol. The van der Waals surface area contributed by atoms with E-state index >= 15 is 0 Å². The fourth-order valence-electron chi connectivity index (χ4n) is 1.76. The van der Waals surface area contributed by atoms with Gasteiger partial charge in [0.15, 0.2) is 0 Å². The van der Waals surface area contributed by atoms with Crippen LogP contribution in [0, 0.1) is 0 Å². The van der Waals surface area contributed by atoms with Gasteiger partial charge in [-0.2, -0.15) is 5.10 Å². The topological polar surface area (TPSA) is 17.8 Å². The Balaban J connectivity index is 2.36. The number of rotatable bonds is 3. The van der Waals surface area contributed by atoms with Crippen LogP contribution in [0.1, 0.15) is 32.3 Å².